The first-order valence-electron chi connectivity index (χ1n) is 10.3. The Morgan fingerprint density at radius 2 is 1.68 bits per heavy atom. The molecule has 178 valence electrons. The molecule has 34 heavy (non-hydrogen) atoms. The molecule has 2 aliphatic rings. The summed E-state index contributed by atoms with van der Waals surface area (Å²) in [6.45, 7) is -0.262. The van der Waals surface area contributed by atoms with Gasteiger partial charge in [-0.2, -0.15) is 13.2 Å². The van der Waals surface area contributed by atoms with Crippen LogP contribution in [0.5, 0.6) is 0 Å². The van der Waals surface area contributed by atoms with Crippen molar-refractivity contribution in [1.82, 2.24) is 4.90 Å². The predicted molar refractivity (Wildman–Crippen MR) is 114 cm³/mol. The van der Waals surface area contributed by atoms with Gasteiger partial charge in [0.15, 0.2) is 5.41 Å². The Balaban J connectivity index is 1.65. The number of benzene rings is 2. The Kier molecular flexibility index (Phi) is 5.89. The van der Waals surface area contributed by atoms with E-state index in [1.54, 1.807) is 6.07 Å². The molecule has 3 amide bonds. The second-order valence-corrected chi connectivity index (χ2v) is 8.61. The van der Waals surface area contributed by atoms with E-state index in [0.29, 0.717) is 11.3 Å². The molecule has 4 rings (SSSR count). The number of amides is 3. The molecule has 1 fully saturated rings. The molecule has 0 bridgehead atoms. The molecule has 0 radical (unpaired) electrons. The third kappa shape index (κ3) is 3.91. The quantitative estimate of drug-likeness (QED) is 0.487. The highest BCUT2D eigenvalue weighted by atomic mass is 35.5. The number of hydrogen-bond donors (Lipinski definition) is 1. The molecule has 2 aromatic rings. The van der Waals surface area contributed by atoms with Crippen molar-refractivity contribution in [2.24, 2.45) is 0 Å². The number of carbonyl (C=O) groups excluding carboxylic acids is 3. The third-order valence-electron chi connectivity index (χ3n) is 6.04. The molecule has 0 aliphatic carbocycles. The minimum atomic E-state index is -4.52. The number of carbonyl (C=O) groups is 4. The number of aliphatic carboxylic acids is 1. The van der Waals surface area contributed by atoms with Gasteiger partial charge in [0.2, 0.25) is 17.7 Å². The average molecular weight is 495 g/mol. The van der Waals surface area contributed by atoms with Crippen molar-refractivity contribution in [3.05, 3.63) is 64.2 Å². The first-order valence-corrected chi connectivity index (χ1v) is 10.7. The zero-order valence-corrected chi connectivity index (χ0v) is 18.3. The van der Waals surface area contributed by atoms with Crippen molar-refractivity contribution in [3.63, 3.8) is 0 Å². The van der Waals surface area contributed by atoms with Gasteiger partial charge in [-0.25, -0.2) is 0 Å². The molecule has 2 heterocycles. The number of anilines is 1. The molecule has 1 atom stereocenters. The molecule has 2 aromatic carbocycles. The summed E-state index contributed by atoms with van der Waals surface area (Å²) in [6.07, 6.45) is -5.03. The summed E-state index contributed by atoms with van der Waals surface area (Å²) in [4.78, 5) is 52.9. The number of likely N-dealkylation sites (tertiary alicyclic amines) is 1. The lowest BCUT2D eigenvalue weighted by Gasteiger charge is -2.22. The van der Waals surface area contributed by atoms with Gasteiger partial charge in [-0.15, -0.1) is 0 Å². The SMILES string of the molecule is O=C(O)CCCN1C(=O)C2(CC(=O)N(Cc3ccc(C(F)(F)F)cc3)C2=O)c2cc(Cl)ccc21. The van der Waals surface area contributed by atoms with E-state index in [4.69, 9.17) is 16.7 Å². The standard InChI is InChI=1S/C23H18ClF3N2O5/c24-15-7-8-17-16(10-15)22(20(33)28(17)9-1-2-19(31)32)11-18(30)29(21(22)34)12-13-3-5-14(6-4-13)23(25,26)27/h3-8,10H,1-2,9,11-12H2,(H,31,32). The predicted octanol–water partition coefficient (Wildman–Crippen LogP) is 3.77. The van der Waals surface area contributed by atoms with Crippen molar-refractivity contribution >= 4 is 41.0 Å². The summed E-state index contributed by atoms with van der Waals surface area (Å²) in [5.74, 6) is -3.11. The van der Waals surface area contributed by atoms with E-state index in [-0.39, 0.29) is 36.5 Å². The van der Waals surface area contributed by atoms with Crippen molar-refractivity contribution in [2.45, 2.75) is 37.4 Å². The van der Waals surface area contributed by atoms with Crippen molar-refractivity contribution in [1.29, 1.82) is 0 Å². The van der Waals surface area contributed by atoms with Gasteiger partial charge in [-0.05, 0) is 42.3 Å². The van der Waals surface area contributed by atoms with Crippen LogP contribution in [0.4, 0.5) is 18.9 Å². The lowest BCUT2D eigenvalue weighted by molar-refractivity contribution is -0.143. The van der Waals surface area contributed by atoms with Crippen LogP contribution < -0.4 is 4.90 Å². The molecule has 1 spiro atoms. The third-order valence-corrected chi connectivity index (χ3v) is 6.28. The fourth-order valence-corrected chi connectivity index (χ4v) is 4.58. The number of hydrogen-bond acceptors (Lipinski definition) is 4. The van der Waals surface area contributed by atoms with Crippen LogP contribution in [0, 0.1) is 0 Å². The van der Waals surface area contributed by atoms with Crippen LogP contribution in [0.2, 0.25) is 5.02 Å². The van der Waals surface area contributed by atoms with E-state index in [1.807, 2.05) is 0 Å². The maximum atomic E-state index is 13.5. The Bertz CT molecular complexity index is 1200. The number of carboxylic acid groups (broad SMARTS) is 1. The summed E-state index contributed by atoms with van der Waals surface area (Å²) in [5.41, 5.74) is -1.78. The molecule has 7 nitrogen and oxygen atoms in total. The zero-order valence-electron chi connectivity index (χ0n) is 17.6. The van der Waals surface area contributed by atoms with E-state index in [2.05, 4.69) is 0 Å². The topological polar surface area (TPSA) is 95.0 Å². The molecule has 1 N–H and O–H groups in total. The van der Waals surface area contributed by atoms with Crippen LogP contribution in [-0.2, 0) is 37.3 Å². The number of alkyl halides is 3. The van der Waals surface area contributed by atoms with E-state index >= 15 is 0 Å². The Hall–Kier alpha value is -3.40. The Morgan fingerprint density at radius 1 is 1.03 bits per heavy atom. The lowest BCUT2D eigenvalue weighted by Crippen LogP contribution is -2.46. The largest absolute Gasteiger partial charge is 0.481 e. The maximum Gasteiger partial charge on any atom is 0.416 e. The van der Waals surface area contributed by atoms with Crippen LogP contribution in [-0.4, -0.2) is 40.2 Å². The average Bonchev–Trinajstić information content (AvgIpc) is 3.14. The second-order valence-electron chi connectivity index (χ2n) is 8.18. The van der Waals surface area contributed by atoms with E-state index in [0.717, 1.165) is 17.0 Å². The molecule has 1 unspecified atom stereocenters. The molecule has 0 saturated carbocycles. The number of imide groups is 1. The number of nitrogens with zero attached hydrogens (tertiary/aromatic N) is 2. The van der Waals surface area contributed by atoms with Crippen molar-refractivity contribution in [3.8, 4) is 0 Å². The Labute approximate surface area is 196 Å². The van der Waals surface area contributed by atoms with Gasteiger partial charge in [0.1, 0.15) is 0 Å². The maximum absolute atomic E-state index is 13.5. The van der Waals surface area contributed by atoms with Gasteiger partial charge in [0.05, 0.1) is 18.5 Å². The zero-order chi connectivity index (χ0) is 24.8. The summed E-state index contributed by atoms with van der Waals surface area (Å²) in [5, 5.41) is 9.16. The number of fused-ring (bicyclic) bond motifs is 2. The highest BCUT2D eigenvalue weighted by molar-refractivity contribution is 6.32. The van der Waals surface area contributed by atoms with Gasteiger partial charge in [-0.1, -0.05) is 23.7 Å². The summed E-state index contributed by atoms with van der Waals surface area (Å²) in [6, 6.07) is 8.58. The highest BCUT2D eigenvalue weighted by Crippen LogP contribution is 2.49. The van der Waals surface area contributed by atoms with E-state index in [9.17, 15) is 32.3 Å². The van der Waals surface area contributed by atoms with Crippen LogP contribution in [0.1, 0.15) is 36.0 Å². The summed E-state index contributed by atoms with van der Waals surface area (Å²) < 4.78 is 38.5. The fourth-order valence-electron chi connectivity index (χ4n) is 4.41. The molecular weight excluding hydrogens is 477 g/mol. The summed E-state index contributed by atoms with van der Waals surface area (Å²) >= 11 is 6.12. The first-order chi connectivity index (χ1) is 15.9. The molecule has 1 saturated heterocycles. The van der Waals surface area contributed by atoms with Gasteiger partial charge >= 0.3 is 12.1 Å². The van der Waals surface area contributed by atoms with Gasteiger partial charge < -0.3 is 10.0 Å². The molecular formula is C23H18ClF3N2O5. The number of carboxylic acids is 1. The molecule has 0 aromatic heterocycles. The van der Waals surface area contributed by atoms with Crippen LogP contribution in [0.25, 0.3) is 0 Å². The summed E-state index contributed by atoms with van der Waals surface area (Å²) in [7, 11) is 0. The van der Waals surface area contributed by atoms with Crippen LogP contribution >= 0.6 is 11.6 Å². The Morgan fingerprint density at radius 3 is 2.29 bits per heavy atom. The van der Waals surface area contributed by atoms with E-state index in [1.165, 1.54) is 29.2 Å². The monoisotopic (exact) mass is 494 g/mol. The van der Waals surface area contributed by atoms with Crippen LogP contribution in [0.3, 0.4) is 0 Å². The number of rotatable bonds is 6. The molecule has 11 heteroatoms. The van der Waals surface area contributed by atoms with Crippen LogP contribution in [0.15, 0.2) is 42.5 Å². The van der Waals surface area contributed by atoms with Crippen molar-refractivity contribution < 1.29 is 37.5 Å². The lowest BCUT2D eigenvalue weighted by atomic mass is 9.80. The fraction of sp³-hybridized carbons (Fsp3) is 0.304. The first kappa shape index (κ1) is 23.7. The minimum Gasteiger partial charge on any atom is -0.481 e. The van der Waals surface area contributed by atoms with Crippen molar-refractivity contribution in [2.75, 3.05) is 11.4 Å². The highest BCUT2D eigenvalue weighted by Gasteiger charge is 2.63. The minimum absolute atomic E-state index is 0.0297. The normalized spacial score (nSPS) is 19.9. The van der Waals surface area contributed by atoms with E-state index < -0.39 is 47.3 Å². The molecule has 2 aliphatic heterocycles. The number of halogens is 4. The smallest absolute Gasteiger partial charge is 0.416 e. The van der Waals surface area contributed by atoms with Gasteiger partial charge in [0, 0.05) is 29.2 Å². The van der Waals surface area contributed by atoms with Gasteiger partial charge in [0.25, 0.3) is 0 Å². The second kappa shape index (κ2) is 8.43. The van der Waals surface area contributed by atoms with Gasteiger partial charge in [-0.3, -0.25) is 24.1 Å².